The van der Waals surface area contributed by atoms with Crippen LogP contribution in [0.4, 0.5) is 13.6 Å². The predicted molar refractivity (Wildman–Crippen MR) is 130 cm³/mol. The first-order valence-corrected chi connectivity index (χ1v) is 14.0. The summed E-state index contributed by atoms with van der Waals surface area (Å²) in [5.41, 5.74) is -0.745. The Morgan fingerprint density at radius 3 is 2.28 bits per heavy atom. The second-order valence-corrected chi connectivity index (χ2v) is 11.9. The van der Waals surface area contributed by atoms with Gasteiger partial charge in [-0.05, 0) is 74.1 Å². The van der Waals surface area contributed by atoms with Crippen LogP contribution < -0.4 is 5.32 Å². The van der Waals surface area contributed by atoms with Crippen molar-refractivity contribution >= 4 is 27.7 Å². The summed E-state index contributed by atoms with van der Waals surface area (Å²) in [7, 11) is -4.14. The molecule has 1 amide bonds. The zero-order valence-electron chi connectivity index (χ0n) is 19.6. The van der Waals surface area contributed by atoms with Crippen molar-refractivity contribution in [2.45, 2.75) is 54.7 Å². The topological polar surface area (TPSA) is 79.0 Å². The smallest absolute Gasteiger partial charge is 0.410 e. The van der Waals surface area contributed by atoms with E-state index in [1.165, 1.54) is 40.7 Å². The molecule has 2 aromatic rings. The fraction of sp³-hybridized carbons (Fsp3) is 0.480. The summed E-state index contributed by atoms with van der Waals surface area (Å²) in [6.45, 7) is 2.35. The standard InChI is InChI=1S/C25H28ClF2N3O4S/c26-18-4-6-21(7-5-18)36(33,34)31-22(17-14-19(27)16-20(28)15-17)2-1-3-23(31)25(8-9-25)35-24(32)30-12-10-29-11-13-30/h4-7,14-16,22-23,29H,1-3,8-13H2. The normalized spacial score (nSPS) is 24.4. The molecule has 2 aliphatic heterocycles. The SMILES string of the molecule is O=C(OC1(C2CCCC(c3cc(F)cc(F)c3)N2S(=O)(=O)c2ccc(Cl)cc2)CC1)N1CCNCC1. The number of carbonyl (C=O) groups excluding carboxylic acids is 1. The van der Waals surface area contributed by atoms with Crippen molar-refractivity contribution in [1.29, 1.82) is 0 Å². The number of nitrogens with zero attached hydrogens (tertiary/aromatic N) is 2. The fourth-order valence-corrected chi connectivity index (χ4v) is 7.37. The molecule has 7 nitrogen and oxygen atoms in total. The molecule has 2 unspecified atom stereocenters. The van der Waals surface area contributed by atoms with Gasteiger partial charge in [0, 0.05) is 37.3 Å². The average molecular weight is 540 g/mol. The van der Waals surface area contributed by atoms with Crippen molar-refractivity contribution in [3.8, 4) is 0 Å². The maximum Gasteiger partial charge on any atom is 0.410 e. The lowest BCUT2D eigenvalue weighted by Crippen LogP contribution is -2.55. The van der Waals surface area contributed by atoms with Crippen molar-refractivity contribution in [3.63, 3.8) is 0 Å². The van der Waals surface area contributed by atoms with E-state index in [0.29, 0.717) is 63.3 Å². The summed E-state index contributed by atoms with van der Waals surface area (Å²) in [6.07, 6.45) is 2.05. The molecule has 3 aliphatic rings. The van der Waals surface area contributed by atoms with E-state index >= 15 is 0 Å². The van der Waals surface area contributed by atoms with E-state index in [0.717, 1.165) is 6.07 Å². The molecule has 3 fully saturated rings. The van der Waals surface area contributed by atoms with Crippen LogP contribution in [0.1, 0.15) is 43.7 Å². The van der Waals surface area contributed by atoms with Crippen LogP contribution in [-0.4, -0.2) is 61.5 Å². The van der Waals surface area contributed by atoms with Crippen molar-refractivity contribution in [2.75, 3.05) is 26.2 Å². The molecule has 0 radical (unpaired) electrons. The zero-order valence-corrected chi connectivity index (χ0v) is 21.2. The maximum atomic E-state index is 14.2. The second kappa shape index (κ2) is 9.89. The lowest BCUT2D eigenvalue weighted by molar-refractivity contribution is -0.00974. The van der Waals surface area contributed by atoms with Crippen LogP contribution in [0.2, 0.25) is 5.02 Å². The number of hydrogen-bond acceptors (Lipinski definition) is 5. The van der Waals surface area contributed by atoms with Crippen molar-refractivity contribution < 1.29 is 26.7 Å². The predicted octanol–water partition coefficient (Wildman–Crippen LogP) is 4.48. The highest BCUT2D eigenvalue weighted by atomic mass is 35.5. The van der Waals surface area contributed by atoms with Crippen molar-refractivity contribution in [1.82, 2.24) is 14.5 Å². The quantitative estimate of drug-likeness (QED) is 0.606. The van der Waals surface area contributed by atoms with E-state index in [1.807, 2.05) is 0 Å². The number of piperazine rings is 1. The third-order valence-electron chi connectivity index (χ3n) is 7.24. The van der Waals surface area contributed by atoms with Gasteiger partial charge in [-0.1, -0.05) is 11.6 Å². The van der Waals surface area contributed by atoms with Crippen LogP contribution >= 0.6 is 11.6 Å². The summed E-state index contributed by atoms with van der Waals surface area (Å²) < 4.78 is 63.9. The summed E-state index contributed by atoms with van der Waals surface area (Å²) in [6, 6.07) is 7.43. The first kappa shape index (κ1) is 25.4. The van der Waals surface area contributed by atoms with Crippen LogP contribution in [0.15, 0.2) is 47.4 Å². The van der Waals surface area contributed by atoms with Gasteiger partial charge < -0.3 is 15.0 Å². The van der Waals surface area contributed by atoms with Gasteiger partial charge in [0.1, 0.15) is 17.2 Å². The molecule has 2 atom stereocenters. The van der Waals surface area contributed by atoms with Crippen LogP contribution in [-0.2, 0) is 14.8 Å². The molecule has 1 N–H and O–H groups in total. The molecule has 2 saturated heterocycles. The van der Waals surface area contributed by atoms with Gasteiger partial charge in [0.15, 0.2) is 0 Å². The van der Waals surface area contributed by atoms with Gasteiger partial charge in [-0.25, -0.2) is 22.0 Å². The largest absolute Gasteiger partial charge is 0.441 e. The van der Waals surface area contributed by atoms with E-state index in [2.05, 4.69) is 5.32 Å². The van der Waals surface area contributed by atoms with Crippen LogP contribution in [0.25, 0.3) is 0 Å². The van der Waals surface area contributed by atoms with Gasteiger partial charge >= 0.3 is 6.09 Å². The second-order valence-electron chi connectivity index (χ2n) is 9.62. The van der Waals surface area contributed by atoms with Crippen molar-refractivity contribution in [3.05, 3.63) is 64.7 Å². The summed E-state index contributed by atoms with van der Waals surface area (Å²) in [5, 5.41) is 3.57. The highest BCUT2D eigenvalue weighted by molar-refractivity contribution is 7.89. The molecular weight excluding hydrogens is 512 g/mol. The van der Waals surface area contributed by atoms with E-state index in [4.69, 9.17) is 16.3 Å². The van der Waals surface area contributed by atoms with Gasteiger partial charge in [-0.2, -0.15) is 4.31 Å². The molecule has 194 valence electrons. The molecule has 1 saturated carbocycles. The van der Waals surface area contributed by atoms with Crippen LogP contribution in [0.3, 0.4) is 0 Å². The summed E-state index contributed by atoms with van der Waals surface area (Å²) in [5.74, 6) is -1.55. The van der Waals surface area contributed by atoms with E-state index in [9.17, 15) is 22.0 Å². The highest BCUT2D eigenvalue weighted by Crippen LogP contribution is 2.52. The fourth-order valence-electron chi connectivity index (χ4n) is 5.33. The Bertz CT molecular complexity index is 1210. The Morgan fingerprint density at radius 2 is 1.67 bits per heavy atom. The Hall–Kier alpha value is -2.27. The number of ether oxygens (including phenoxy) is 1. The lowest BCUT2D eigenvalue weighted by Gasteiger charge is -2.45. The number of sulfonamides is 1. The molecular formula is C25H28ClF2N3O4S. The number of nitrogens with one attached hydrogen (secondary N) is 1. The first-order valence-electron chi connectivity index (χ1n) is 12.1. The van der Waals surface area contributed by atoms with Gasteiger partial charge in [0.05, 0.1) is 17.0 Å². The number of piperidine rings is 1. The van der Waals surface area contributed by atoms with Gasteiger partial charge in [0.2, 0.25) is 10.0 Å². The monoisotopic (exact) mass is 539 g/mol. The van der Waals surface area contributed by atoms with Crippen molar-refractivity contribution in [2.24, 2.45) is 0 Å². The summed E-state index contributed by atoms with van der Waals surface area (Å²) >= 11 is 5.99. The van der Waals surface area contributed by atoms with E-state index in [-0.39, 0.29) is 10.5 Å². The summed E-state index contributed by atoms with van der Waals surface area (Å²) in [4.78, 5) is 14.6. The van der Waals surface area contributed by atoms with Crippen LogP contribution in [0, 0.1) is 11.6 Å². The lowest BCUT2D eigenvalue weighted by atomic mass is 9.90. The number of hydrogen-bond donors (Lipinski definition) is 1. The number of rotatable bonds is 5. The maximum absolute atomic E-state index is 14.2. The molecule has 1 aliphatic carbocycles. The van der Waals surface area contributed by atoms with E-state index in [1.54, 1.807) is 4.90 Å². The molecule has 5 rings (SSSR count). The minimum atomic E-state index is -4.14. The minimum absolute atomic E-state index is 0.0184. The molecule has 0 aromatic heterocycles. The van der Waals surface area contributed by atoms with Gasteiger partial charge in [-0.3, -0.25) is 0 Å². The Kier molecular flexibility index (Phi) is 6.97. The van der Waals surface area contributed by atoms with Gasteiger partial charge in [0.25, 0.3) is 0 Å². The third-order valence-corrected chi connectivity index (χ3v) is 9.43. The molecule has 36 heavy (non-hydrogen) atoms. The number of carbonyl (C=O) groups is 1. The highest BCUT2D eigenvalue weighted by Gasteiger charge is 2.60. The Labute approximate surface area is 214 Å². The molecule has 0 spiro atoms. The molecule has 0 bridgehead atoms. The molecule has 2 heterocycles. The zero-order chi connectivity index (χ0) is 25.5. The number of amides is 1. The average Bonchev–Trinajstić information content (AvgIpc) is 3.64. The van der Waals surface area contributed by atoms with E-state index < -0.39 is 45.4 Å². The molecule has 2 aromatic carbocycles. The molecule has 11 heteroatoms. The minimum Gasteiger partial charge on any atom is -0.441 e. The Morgan fingerprint density at radius 1 is 1.03 bits per heavy atom. The third kappa shape index (κ3) is 4.96. The first-order chi connectivity index (χ1) is 17.2. The number of benzene rings is 2. The van der Waals surface area contributed by atoms with Crippen LogP contribution in [0.5, 0.6) is 0 Å². The Balaban J connectivity index is 1.54. The number of halogens is 3. The van der Waals surface area contributed by atoms with Gasteiger partial charge in [-0.15, -0.1) is 0 Å².